The van der Waals surface area contributed by atoms with Crippen molar-refractivity contribution in [2.45, 2.75) is 31.7 Å². The highest BCUT2D eigenvalue weighted by molar-refractivity contribution is 5.99. The topological polar surface area (TPSA) is 41.6 Å². The van der Waals surface area contributed by atoms with Crippen LogP contribution in [0, 0.1) is 0 Å². The lowest BCUT2D eigenvalue weighted by molar-refractivity contribution is -0.120. The Bertz CT molecular complexity index is 467. The minimum Gasteiger partial charge on any atom is -0.495 e. The van der Waals surface area contributed by atoms with Crippen molar-refractivity contribution in [1.82, 2.24) is 5.32 Å². The summed E-state index contributed by atoms with van der Waals surface area (Å²) in [5.41, 5.74) is 2.20. The molecule has 1 amide bonds. The van der Waals surface area contributed by atoms with Gasteiger partial charge in [0.15, 0.2) is 0 Å². The third-order valence-corrected chi connectivity index (χ3v) is 4.02. The van der Waals surface area contributed by atoms with E-state index in [4.69, 9.17) is 4.74 Å². The molecule has 1 fully saturated rings. The molecule has 4 heteroatoms. The second-order valence-electron chi connectivity index (χ2n) is 5.21. The molecule has 1 atom stereocenters. The Morgan fingerprint density at radius 3 is 3.05 bits per heavy atom. The van der Waals surface area contributed by atoms with Crippen LogP contribution >= 0.6 is 0 Å². The molecular formula is C15H20N2O2. The third kappa shape index (κ3) is 2.21. The maximum atomic E-state index is 12.6. The Morgan fingerprint density at radius 2 is 2.32 bits per heavy atom. The molecule has 0 unspecified atom stereocenters. The summed E-state index contributed by atoms with van der Waals surface area (Å²) >= 11 is 0. The van der Waals surface area contributed by atoms with Crippen LogP contribution in [0.2, 0.25) is 0 Å². The van der Waals surface area contributed by atoms with Gasteiger partial charge in [0.05, 0.1) is 18.8 Å². The second-order valence-corrected chi connectivity index (χ2v) is 5.21. The number of nitrogens with zero attached hydrogens (tertiary/aromatic N) is 1. The van der Waals surface area contributed by atoms with E-state index in [9.17, 15) is 4.79 Å². The van der Waals surface area contributed by atoms with Gasteiger partial charge in [0.2, 0.25) is 5.91 Å². The number of aryl methyl sites for hydroxylation is 1. The molecule has 1 aromatic carbocycles. The van der Waals surface area contributed by atoms with Gasteiger partial charge in [0.25, 0.3) is 0 Å². The summed E-state index contributed by atoms with van der Waals surface area (Å²) < 4.78 is 5.44. The Morgan fingerprint density at radius 1 is 1.42 bits per heavy atom. The van der Waals surface area contributed by atoms with Gasteiger partial charge in [-0.1, -0.05) is 12.1 Å². The first-order valence-corrected chi connectivity index (χ1v) is 7.02. The molecule has 0 spiro atoms. The van der Waals surface area contributed by atoms with Crippen molar-refractivity contribution in [1.29, 1.82) is 0 Å². The Labute approximate surface area is 113 Å². The SMILES string of the molecule is COc1cccc2c1N(C(=O)[C@H]1CCCN1)CCC2. The van der Waals surface area contributed by atoms with Gasteiger partial charge >= 0.3 is 0 Å². The van der Waals surface area contributed by atoms with Crippen LogP contribution in [0.4, 0.5) is 5.69 Å². The Hall–Kier alpha value is -1.55. The van der Waals surface area contributed by atoms with Crippen LogP contribution in [-0.2, 0) is 11.2 Å². The first-order chi connectivity index (χ1) is 9.31. The summed E-state index contributed by atoms with van der Waals surface area (Å²) in [6, 6.07) is 6.02. The fourth-order valence-electron chi connectivity index (χ4n) is 3.08. The van der Waals surface area contributed by atoms with Crippen molar-refractivity contribution in [2.24, 2.45) is 0 Å². The molecule has 0 aliphatic carbocycles. The zero-order valence-electron chi connectivity index (χ0n) is 11.3. The molecule has 102 valence electrons. The van der Waals surface area contributed by atoms with Crippen molar-refractivity contribution < 1.29 is 9.53 Å². The standard InChI is InChI=1S/C15H20N2O2/c1-19-13-8-2-5-11-6-4-10-17(14(11)13)15(18)12-7-3-9-16-12/h2,5,8,12,16H,3-4,6-7,9-10H2,1H3/t12-/m1/s1. The van der Waals surface area contributed by atoms with Gasteiger partial charge in [-0.2, -0.15) is 0 Å². The van der Waals surface area contributed by atoms with Crippen molar-refractivity contribution in [3.63, 3.8) is 0 Å². The molecule has 0 saturated carbocycles. The summed E-state index contributed by atoms with van der Waals surface area (Å²) in [6.45, 7) is 1.74. The minimum atomic E-state index is -0.0177. The summed E-state index contributed by atoms with van der Waals surface area (Å²) in [5.74, 6) is 1.01. The van der Waals surface area contributed by atoms with E-state index >= 15 is 0 Å². The number of hydrogen-bond acceptors (Lipinski definition) is 3. The zero-order valence-corrected chi connectivity index (χ0v) is 11.3. The average molecular weight is 260 g/mol. The van der Waals surface area contributed by atoms with Crippen LogP contribution in [0.5, 0.6) is 5.75 Å². The molecule has 2 aliphatic rings. The van der Waals surface area contributed by atoms with Crippen LogP contribution < -0.4 is 15.0 Å². The Balaban J connectivity index is 1.94. The van der Waals surface area contributed by atoms with E-state index in [-0.39, 0.29) is 11.9 Å². The van der Waals surface area contributed by atoms with Crippen LogP contribution in [0.25, 0.3) is 0 Å². The van der Waals surface area contributed by atoms with Gasteiger partial charge in [0.1, 0.15) is 5.75 Å². The lowest BCUT2D eigenvalue weighted by Gasteiger charge is -2.32. The number of methoxy groups -OCH3 is 1. The number of rotatable bonds is 2. The predicted molar refractivity (Wildman–Crippen MR) is 74.7 cm³/mol. The van der Waals surface area contributed by atoms with Gasteiger partial charge in [-0.05, 0) is 43.9 Å². The summed E-state index contributed by atoms with van der Waals surface area (Å²) in [5, 5.41) is 3.29. The van der Waals surface area contributed by atoms with Crippen LogP contribution in [0.1, 0.15) is 24.8 Å². The molecule has 0 aromatic heterocycles. The van der Waals surface area contributed by atoms with Crippen LogP contribution in [0.3, 0.4) is 0 Å². The molecule has 1 saturated heterocycles. The van der Waals surface area contributed by atoms with Crippen molar-refractivity contribution in [3.05, 3.63) is 23.8 Å². The quantitative estimate of drug-likeness (QED) is 0.880. The highest BCUT2D eigenvalue weighted by Crippen LogP contribution is 2.36. The number of para-hydroxylation sites is 1. The van der Waals surface area contributed by atoms with E-state index in [1.165, 1.54) is 5.56 Å². The van der Waals surface area contributed by atoms with Crippen molar-refractivity contribution >= 4 is 11.6 Å². The fraction of sp³-hybridized carbons (Fsp3) is 0.533. The molecule has 3 rings (SSSR count). The third-order valence-electron chi connectivity index (χ3n) is 4.02. The van der Waals surface area contributed by atoms with Gasteiger partial charge in [-0.15, -0.1) is 0 Å². The maximum Gasteiger partial charge on any atom is 0.244 e. The van der Waals surface area contributed by atoms with Crippen molar-refractivity contribution in [2.75, 3.05) is 25.1 Å². The summed E-state index contributed by atoms with van der Waals surface area (Å²) in [7, 11) is 1.67. The van der Waals surface area contributed by atoms with Gasteiger partial charge in [-0.3, -0.25) is 4.79 Å². The van der Waals surface area contributed by atoms with Gasteiger partial charge in [-0.25, -0.2) is 0 Å². The number of anilines is 1. The largest absolute Gasteiger partial charge is 0.495 e. The number of carbonyl (C=O) groups excluding carboxylic acids is 1. The molecule has 1 N–H and O–H groups in total. The molecule has 0 radical (unpaired) electrons. The molecule has 4 nitrogen and oxygen atoms in total. The maximum absolute atomic E-state index is 12.6. The van der Waals surface area contributed by atoms with E-state index in [0.29, 0.717) is 0 Å². The molecule has 2 aliphatic heterocycles. The number of fused-ring (bicyclic) bond motifs is 1. The van der Waals surface area contributed by atoms with E-state index in [1.54, 1.807) is 7.11 Å². The fourth-order valence-corrected chi connectivity index (χ4v) is 3.08. The van der Waals surface area contributed by atoms with E-state index < -0.39 is 0 Å². The first kappa shape index (κ1) is 12.5. The number of nitrogens with one attached hydrogen (secondary N) is 1. The number of benzene rings is 1. The number of carbonyl (C=O) groups is 1. The second kappa shape index (κ2) is 5.21. The van der Waals surface area contributed by atoms with Gasteiger partial charge < -0.3 is 15.0 Å². The molecule has 2 heterocycles. The van der Waals surface area contributed by atoms with Gasteiger partial charge in [0, 0.05) is 6.54 Å². The summed E-state index contributed by atoms with van der Waals surface area (Å²) in [4.78, 5) is 14.6. The monoisotopic (exact) mass is 260 g/mol. The van der Waals surface area contributed by atoms with E-state index in [2.05, 4.69) is 11.4 Å². The van der Waals surface area contributed by atoms with Crippen LogP contribution in [-0.4, -0.2) is 32.1 Å². The van der Waals surface area contributed by atoms with Crippen LogP contribution in [0.15, 0.2) is 18.2 Å². The first-order valence-electron chi connectivity index (χ1n) is 7.02. The molecular weight excluding hydrogens is 240 g/mol. The average Bonchev–Trinajstić information content (AvgIpc) is 2.99. The number of amides is 1. The smallest absolute Gasteiger partial charge is 0.244 e. The van der Waals surface area contributed by atoms with E-state index in [1.807, 2.05) is 17.0 Å². The molecule has 0 bridgehead atoms. The lowest BCUT2D eigenvalue weighted by atomic mass is 10.00. The van der Waals surface area contributed by atoms with E-state index in [0.717, 1.165) is 50.2 Å². The Kier molecular flexibility index (Phi) is 3.42. The zero-order chi connectivity index (χ0) is 13.2. The number of hydrogen-bond donors (Lipinski definition) is 1. The summed E-state index contributed by atoms with van der Waals surface area (Å²) in [6.07, 6.45) is 4.08. The predicted octanol–water partition coefficient (Wildman–Crippen LogP) is 1.73. The molecule has 1 aromatic rings. The normalized spacial score (nSPS) is 22.2. The lowest BCUT2D eigenvalue weighted by Crippen LogP contribution is -2.46. The highest BCUT2D eigenvalue weighted by atomic mass is 16.5. The molecule has 19 heavy (non-hydrogen) atoms. The minimum absolute atomic E-state index is 0.0177. The highest BCUT2D eigenvalue weighted by Gasteiger charge is 2.32. The van der Waals surface area contributed by atoms with Crippen molar-refractivity contribution in [3.8, 4) is 5.75 Å². The number of ether oxygens (including phenoxy) is 1.